The maximum absolute atomic E-state index is 12.5. The first-order valence-corrected chi connectivity index (χ1v) is 11.4. The van der Waals surface area contributed by atoms with E-state index in [0.29, 0.717) is 31.3 Å². The summed E-state index contributed by atoms with van der Waals surface area (Å²) in [6, 6.07) is 6.78. The summed E-state index contributed by atoms with van der Waals surface area (Å²) in [5.74, 6) is 0.723. The summed E-state index contributed by atoms with van der Waals surface area (Å²) >= 11 is 0. The van der Waals surface area contributed by atoms with Crippen LogP contribution in [0.25, 0.3) is 0 Å². The summed E-state index contributed by atoms with van der Waals surface area (Å²) in [7, 11) is -0.219. The zero-order valence-corrected chi connectivity index (χ0v) is 21.8. The number of ether oxygens (including phenoxy) is 2. The Morgan fingerprint density at radius 3 is 2.37 bits per heavy atom. The average Bonchev–Trinajstić information content (AvgIpc) is 2.70. The maximum Gasteiger partial charge on any atom is 0.243 e. The molecule has 0 aromatic heterocycles. The van der Waals surface area contributed by atoms with Crippen molar-refractivity contribution in [3.05, 3.63) is 29.8 Å². The van der Waals surface area contributed by atoms with Crippen molar-refractivity contribution in [2.24, 2.45) is 4.99 Å². The van der Waals surface area contributed by atoms with Crippen LogP contribution in [0.1, 0.15) is 32.8 Å². The van der Waals surface area contributed by atoms with E-state index in [0.717, 1.165) is 31.0 Å². The number of aliphatic imine (C=N–C) groups is 1. The molecule has 0 radical (unpaired) electrons. The number of methoxy groups -OCH3 is 1. The molecule has 174 valence electrons. The van der Waals surface area contributed by atoms with E-state index < -0.39 is 10.0 Å². The van der Waals surface area contributed by atoms with E-state index in [4.69, 9.17) is 9.47 Å². The Bertz CT molecular complexity index is 712. The van der Waals surface area contributed by atoms with Crippen molar-refractivity contribution in [1.29, 1.82) is 0 Å². The van der Waals surface area contributed by atoms with Gasteiger partial charge in [0.2, 0.25) is 10.0 Å². The van der Waals surface area contributed by atoms with Gasteiger partial charge in [0, 0.05) is 39.9 Å². The van der Waals surface area contributed by atoms with Gasteiger partial charge in [0.25, 0.3) is 0 Å². The first-order chi connectivity index (χ1) is 13.8. The molecule has 0 saturated carbocycles. The molecule has 1 rings (SSSR count). The minimum absolute atomic E-state index is 0. The quantitative estimate of drug-likeness (QED) is 0.168. The summed E-state index contributed by atoms with van der Waals surface area (Å²) in [5, 5.41) is 6.47. The number of rotatable bonds is 13. The second kappa shape index (κ2) is 15.8. The molecule has 0 unspecified atom stereocenters. The van der Waals surface area contributed by atoms with E-state index in [-0.39, 0.29) is 30.0 Å². The lowest BCUT2D eigenvalue weighted by atomic mass is 10.2. The number of nitrogens with one attached hydrogen (secondary N) is 2. The number of nitrogens with zero attached hydrogens (tertiary/aromatic N) is 2. The van der Waals surface area contributed by atoms with Crippen molar-refractivity contribution in [3.8, 4) is 0 Å². The average molecular weight is 557 g/mol. The van der Waals surface area contributed by atoms with Crippen molar-refractivity contribution in [2.45, 2.75) is 44.7 Å². The number of halogens is 1. The Morgan fingerprint density at radius 2 is 1.80 bits per heavy atom. The molecule has 0 fully saturated rings. The molecule has 30 heavy (non-hydrogen) atoms. The standard InChI is InChI=1S/C20H36N4O4S.HI/c1-6-21-20(22-12-7-13-28-15-14-27-5)23-16-18-8-10-19(11-9-18)29(25,26)24(4)17(2)3;/h8-11,17H,6-7,12-16H2,1-5H3,(H2,21,22,23);1H. The van der Waals surface area contributed by atoms with Crippen molar-refractivity contribution < 1.29 is 17.9 Å². The summed E-state index contributed by atoms with van der Waals surface area (Å²) in [6.45, 7) is 9.54. The predicted molar refractivity (Wildman–Crippen MR) is 132 cm³/mol. The van der Waals surface area contributed by atoms with E-state index >= 15 is 0 Å². The van der Waals surface area contributed by atoms with Gasteiger partial charge in [0.1, 0.15) is 0 Å². The van der Waals surface area contributed by atoms with Crippen molar-refractivity contribution in [2.75, 3.05) is 47.1 Å². The molecular formula is C20H37IN4O4S. The lowest BCUT2D eigenvalue weighted by Gasteiger charge is -2.21. The van der Waals surface area contributed by atoms with Crippen molar-refractivity contribution in [3.63, 3.8) is 0 Å². The molecule has 1 aromatic rings. The van der Waals surface area contributed by atoms with Gasteiger partial charge in [-0.2, -0.15) is 4.31 Å². The van der Waals surface area contributed by atoms with Gasteiger partial charge in [-0.1, -0.05) is 12.1 Å². The van der Waals surface area contributed by atoms with Gasteiger partial charge in [0.15, 0.2) is 5.96 Å². The molecule has 0 atom stereocenters. The van der Waals surface area contributed by atoms with Gasteiger partial charge in [-0.3, -0.25) is 0 Å². The highest BCUT2D eigenvalue weighted by molar-refractivity contribution is 14.0. The highest BCUT2D eigenvalue weighted by Gasteiger charge is 2.22. The second-order valence-electron chi connectivity index (χ2n) is 6.84. The maximum atomic E-state index is 12.5. The van der Waals surface area contributed by atoms with Crippen LogP contribution >= 0.6 is 24.0 Å². The summed E-state index contributed by atoms with van der Waals surface area (Å²) in [5.41, 5.74) is 0.941. The van der Waals surface area contributed by atoms with Crippen LogP contribution in [0.15, 0.2) is 34.2 Å². The third-order valence-electron chi connectivity index (χ3n) is 4.28. The van der Waals surface area contributed by atoms with E-state index in [1.807, 2.05) is 20.8 Å². The molecule has 0 heterocycles. The SMILES string of the molecule is CCNC(=NCc1ccc(S(=O)(=O)N(C)C(C)C)cc1)NCCCOCCOC.I. The van der Waals surface area contributed by atoms with E-state index in [1.54, 1.807) is 38.4 Å². The van der Waals surface area contributed by atoms with E-state index in [1.165, 1.54) is 4.31 Å². The van der Waals surface area contributed by atoms with Crippen LogP contribution in [0.3, 0.4) is 0 Å². The lowest BCUT2D eigenvalue weighted by Crippen LogP contribution is -2.38. The van der Waals surface area contributed by atoms with Crippen LogP contribution in [-0.4, -0.2) is 71.8 Å². The normalized spacial score (nSPS) is 12.2. The fraction of sp³-hybridized carbons (Fsp3) is 0.650. The molecule has 1 aromatic carbocycles. The highest BCUT2D eigenvalue weighted by Crippen LogP contribution is 2.17. The van der Waals surface area contributed by atoms with Gasteiger partial charge in [-0.05, 0) is 44.9 Å². The minimum atomic E-state index is -3.47. The first-order valence-electron chi connectivity index (χ1n) is 9.98. The summed E-state index contributed by atoms with van der Waals surface area (Å²) < 4.78 is 36.8. The molecule has 0 aliphatic rings. The second-order valence-corrected chi connectivity index (χ2v) is 8.84. The number of benzene rings is 1. The van der Waals surface area contributed by atoms with Gasteiger partial charge in [-0.25, -0.2) is 13.4 Å². The number of guanidine groups is 1. The van der Waals surface area contributed by atoms with E-state index in [2.05, 4.69) is 15.6 Å². The molecule has 0 aliphatic heterocycles. The predicted octanol–water partition coefficient (Wildman–Crippen LogP) is 2.44. The Morgan fingerprint density at radius 1 is 1.13 bits per heavy atom. The number of hydrogen-bond acceptors (Lipinski definition) is 5. The van der Waals surface area contributed by atoms with Crippen LogP contribution in [0.2, 0.25) is 0 Å². The molecule has 8 nitrogen and oxygen atoms in total. The summed E-state index contributed by atoms with van der Waals surface area (Å²) in [4.78, 5) is 4.85. The van der Waals surface area contributed by atoms with Crippen molar-refractivity contribution >= 4 is 40.0 Å². The van der Waals surface area contributed by atoms with Gasteiger partial charge >= 0.3 is 0 Å². The molecule has 0 amide bonds. The van der Waals surface area contributed by atoms with Crippen molar-refractivity contribution in [1.82, 2.24) is 14.9 Å². The van der Waals surface area contributed by atoms with Crippen LogP contribution in [0, 0.1) is 0 Å². The molecule has 2 N–H and O–H groups in total. The fourth-order valence-corrected chi connectivity index (χ4v) is 3.72. The highest BCUT2D eigenvalue weighted by atomic mass is 127. The molecule has 0 saturated heterocycles. The monoisotopic (exact) mass is 556 g/mol. The smallest absolute Gasteiger partial charge is 0.243 e. The van der Waals surface area contributed by atoms with Crippen LogP contribution in [0.4, 0.5) is 0 Å². The number of hydrogen-bond donors (Lipinski definition) is 2. The third kappa shape index (κ3) is 10.4. The van der Waals surface area contributed by atoms with Gasteiger partial charge in [0.05, 0.1) is 24.7 Å². The minimum Gasteiger partial charge on any atom is -0.382 e. The zero-order valence-electron chi connectivity index (χ0n) is 18.7. The molecular weight excluding hydrogens is 519 g/mol. The Labute approximate surface area is 198 Å². The van der Waals surface area contributed by atoms with Gasteiger partial charge in [-0.15, -0.1) is 24.0 Å². The summed E-state index contributed by atoms with van der Waals surface area (Å²) in [6.07, 6.45) is 0.865. The van der Waals surface area contributed by atoms with Crippen LogP contribution < -0.4 is 10.6 Å². The topological polar surface area (TPSA) is 92.3 Å². The van der Waals surface area contributed by atoms with E-state index in [9.17, 15) is 8.42 Å². The largest absolute Gasteiger partial charge is 0.382 e. The van der Waals surface area contributed by atoms with Gasteiger partial charge < -0.3 is 20.1 Å². The molecule has 0 spiro atoms. The molecule has 0 aliphatic carbocycles. The first kappa shape index (κ1) is 29.1. The zero-order chi connectivity index (χ0) is 21.7. The van der Waals surface area contributed by atoms with Crippen LogP contribution in [-0.2, 0) is 26.0 Å². The van der Waals surface area contributed by atoms with Crippen LogP contribution in [0.5, 0.6) is 0 Å². The Kier molecular flexibility index (Phi) is 15.3. The third-order valence-corrected chi connectivity index (χ3v) is 6.33. The Hall–Kier alpha value is -0.950. The lowest BCUT2D eigenvalue weighted by molar-refractivity contribution is 0.0698. The molecule has 0 bridgehead atoms. The molecule has 10 heteroatoms. The Balaban J connectivity index is 0.00000841. The fourth-order valence-electron chi connectivity index (χ4n) is 2.35. The number of sulfonamides is 1.